The second-order valence-electron chi connectivity index (χ2n) is 14.0. The molecule has 10 nitrogen and oxygen atoms in total. The Kier molecular flexibility index (Phi) is 7.79. The molecule has 1 saturated carbocycles. The molecule has 0 unspecified atom stereocenters. The lowest BCUT2D eigenvalue weighted by Crippen LogP contribution is -2.43. The molecule has 48 heavy (non-hydrogen) atoms. The summed E-state index contributed by atoms with van der Waals surface area (Å²) < 4.78 is 50.0. The number of terminal acetylenes is 1. The highest BCUT2D eigenvalue weighted by molar-refractivity contribution is 5.95. The van der Waals surface area contributed by atoms with Crippen molar-refractivity contribution in [2.75, 3.05) is 44.8 Å². The van der Waals surface area contributed by atoms with Gasteiger partial charge in [-0.1, -0.05) is 18.9 Å². The van der Waals surface area contributed by atoms with Crippen LogP contribution < -0.4 is 14.4 Å². The van der Waals surface area contributed by atoms with Gasteiger partial charge in [0.15, 0.2) is 11.5 Å². The summed E-state index contributed by atoms with van der Waals surface area (Å²) in [6, 6.07) is 6.15. The first-order valence-electron chi connectivity index (χ1n) is 16.9. The fraction of sp³-hybridized carbons (Fsp3) is 0.528. The molecule has 12 heteroatoms. The Balaban J connectivity index is 1.26. The van der Waals surface area contributed by atoms with Gasteiger partial charge >= 0.3 is 12.0 Å². The second-order valence-corrected chi connectivity index (χ2v) is 14.0. The summed E-state index contributed by atoms with van der Waals surface area (Å²) in [7, 11) is 1.70. The maximum atomic E-state index is 14.9. The van der Waals surface area contributed by atoms with Crippen LogP contribution in [0.3, 0.4) is 0 Å². The lowest BCUT2D eigenvalue weighted by Gasteiger charge is -2.37. The Hall–Kier alpha value is -4.21. The molecule has 3 aliphatic heterocycles. The van der Waals surface area contributed by atoms with Gasteiger partial charge in [0.1, 0.15) is 35.6 Å². The van der Waals surface area contributed by atoms with Crippen molar-refractivity contribution in [2.45, 2.75) is 75.7 Å². The summed E-state index contributed by atoms with van der Waals surface area (Å²) in [6.07, 6.45) is 10.9. The molecule has 2 aromatic heterocycles. The minimum Gasteiger partial charge on any atom is -0.508 e. The van der Waals surface area contributed by atoms with Gasteiger partial charge in [0.25, 0.3) is 0 Å². The Labute approximate surface area is 278 Å². The summed E-state index contributed by atoms with van der Waals surface area (Å²) in [5.41, 5.74) is 0.790. The Morgan fingerprint density at radius 2 is 1.98 bits per heavy atom. The number of phenolic OH excluding ortho intramolecular Hbond substituents is 1. The third kappa shape index (κ3) is 5.28. The van der Waals surface area contributed by atoms with Crippen LogP contribution in [0.1, 0.15) is 63.5 Å². The van der Waals surface area contributed by atoms with Crippen molar-refractivity contribution in [3.8, 4) is 35.9 Å². The zero-order valence-corrected chi connectivity index (χ0v) is 27.3. The molecule has 4 aliphatic rings. The van der Waals surface area contributed by atoms with Crippen LogP contribution in [0.4, 0.5) is 14.6 Å². The summed E-state index contributed by atoms with van der Waals surface area (Å²) in [5.74, 6) is 3.17. The molecule has 5 heterocycles. The van der Waals surface area contributed by atoms with E-state index in [1.165, 1.54) is 18.2 Å². The first kappa shape index (κ1) is 31.1. The summed E-state index contributed by atoms with van der Waals surface area (Å²) >= 11 is 0. The molecule has 1 N–H and O–H groups in total. The number of anilines is 1. The largest absolute Gasteiger partial charge is 0.508 e. The lowest BCUT2D eigenvalue weighted by atomic mass is 9.89. The standard InChI is InChI=1S/C36H40F2N6O4/c1-4-27-28(38)9-8-22-13-25(45)16-29(30(22)27)48-35-40-32-31(44(35)24-14-26(15-24)46-3)33(42-11-5-7-21(2)18-42)41-34(39-32)47-20-36-10-6-12-43(36)19-23(37)17-36/h1,8-9,13,16,21,23-24,26,45H,5-7,10-12,14-15,17-20H2,2-3H3/t21-,23-,24?,26?,36+/m1/s1. The number of alkyl halides is 1. The first-order valence-corrected chi connectivity index (χ1v) is 16.9. The molecule has 0 bridgehead atoms. The van der Waals surface area contributed by atoms with E-state index in [1.54, 1.807) is 13.2 Å². The minimum absolute atomic E-state index is 0.0366. The maximum Gasteiger partial charge on any atom is 0.320 e. The molecule has 4 aromatic rings. The van der Waals surface area contributed by atoms with Gasteiger partial charge in [-0.25, -0.2) is 8.78 Å². The molecule has 1 aliphatic carbocycles. The number of imidazole rings is 1. The van der Waals surface area contributed by atoms with E-state index in [-0.39, 0.29) is 46.8 Å². The van der Waals surface area contributed by atoms with Crippen LogP contribution in [0.25, 0.3) is 21.9 Å². The lowest BCUT2D eigenvalue weighted by molar-refractivity contribution is 0.00576. The normalized spacial score (nSPS) is 27.3. The SMILES string of the molecule is C#Cc1c(F)ccc2cc(O)cc(Oc3nc4nc(OC[C@@]56CCCN5C[C@H](F)C6)nc(N5CCC[C@@H](C)C5)c4n3C3CC(OC)C3)c12. The van der Waals surface area contributed by atoms with Crippen molar-refractivity contribution in [3.63, 3.8) is 0 Å². The molecule has 252 valence electrons. The number of methoxy groups -OCH3 is 1. The number of nitrogens with zero attached hydrogens (tertiary/aromatic N) is 6. The van der Waals surface area contributed by atoms with Crippen LogP contribution >= 0.6 is 0 Å². The number of piperidine rings is 1. The molecule has 3 saturated heterocycles. The summed E-state index contributed by atoms with van der Waals surface area (Å²) in [6.45, 7) is 5.45. The minimum atomic E-state index is -0.867. The molecule has 0 radical (unpaired) electrons. The first-order chi connectivity index (χ1) is 23.2. The van der Waals surface area contributed by atoms with Crippen molar-refractivity contribution in [1.29, 1.82) is 0 Å². The average molecular weight is 659 g/mol. The van der Waals surface area contributed by atoms with Crippen molar-refractivity contribution in [3.05, 3.63) is 35.6 Å². The van der Waals surface area contributed by atoms with Gasteiger partial charge in [-0.05, 0) is 68.5 Å². The Bertz CT molecular complexity index is 1920. The van der Waals surface area contributed by atoms with Crippen LogP contribution in [0.5, 0.6) is 23.5 Å². The highest BCUT2D eigenvalue weighted by Gasteiger charge is 2.49. The number of benzene rings is 2. The van der Waals surface area contributed by atoms with Crippen LogP contribution in [-0.4, -0.2) is 87.2 Å². The fourth-order valence-corrected chi connectivity index (χ4v) is 8.32. The van der Waals surface area contributed by atoms with E-state index in [2.05, 4.69) is 22.6 Å². The smallest absolute Gasteiger partial charge is 0.320 e. The number of hydrogen-bond acceptors (Lipinski definition) is 9. The number of ether oxygens (including phenoxy) is 3. The van der Waals surface area contributed by atoms with E-state index >= 15 is 0 Å². The van der Waals surface area contributed by atoms with E-state index in [0.29, 0.717) is 53.2 Å². The predicted molar refractivity (Wildman–Crippen MR) is 177 cm³/mol. The number of halogens is 2. The van der Waals surface area contributed by atoms with Gasteiger partial charge in [0.2, 0.25) is 0 Å². The monoisotopic (exact) mass is 658 g/mol. The van der Waals surface area contributed by atoms with Gasteiger partial charge in [-0.2, -0.15) is 15.0 Å². The molecule has 4 fully saturated rings. The van der Waals surface area contributed by atoms with E-state index in [0.717, 1.165) is 58.2 Å². The average Bonchev–Trinajstić information content (AvgIpc) is 3.69. The predicted octanol–water partition coefficient (Wildman–Crippen LogP) is 6.14. The summed E-state index contributed by atoms with van der Waals surface area (Å²) in [4.78, 5) is 19.2. The van der Waals surface area contributed by atoms with E-state index < -0.39 is 12.0 Å². The number of rotatable bonds is 8. The van der Waals surface area contributed by atoms with Gasteiger partial charge in [0.05, 0.1) is 17.2 Å². The van der Waals surface area contributed by atoms with Crippen LogP contribution in [0.15, 0.2) is 24.3 Å². The molecule has 0 spiro atoms. The van der Waals surface area contributed by atoms with Crippen LogP contribution in [0, 0.1) is 24.1 Å². The Morgan fingerprint density at radius 1 is 1.12 bits per heavy atom. The van der Waals surface area contributed by atoms with E-state index in [9.17, 15) is 13.9 Å². The quantitative estimate of drug-likeness (QED) is 0.224. The third-order valence-corrected chi connectivity index (χ3v) is 10.8. The van der Waals surface area contributed by atoms with E-state index in [1.807, 2.05) is 4.57 Å². The summed E-state index contributed by atoms with van der Waals surface area (Å²) in [5, 5.41) is 11.5. The van der Waals surface area contributed by atoms with Gasteiger partial charge in [-0.15, -0.1) is 6.42 Å². The highest BCUT2D eigenvalue weighted by atomic mass is 19.1. The number of aromatic nitrogens is 4. The van der Waals surface area contributed by atoms with E-state index in [4.69, 9.17) is 35.6 Å². The number of fused-ring (bicyclic) bond motifs is 3. The zero-order valence-electron chi connectivity index (χ0n) is 27.3. The van der Waals surface area contributed by atoms with Gasteiger partial charge in [-0.3, -0.25) is 9.47 Å². The topological polar surface area (TPSA) is 98.0 Å². The molecule has 3 atom stereocenters. The molecular weight excluding hydrogens is 618 g/mol. The molecule has 8 rings (SSSR count). The van der Waals surface area contributed by atoms with Gasteiger partial charge in [0, 0.05) is 50.7 Å². The van der Waals surface area contributed by atoms with Crippen molar-refractivity contribution in [2.24, 2.45) is 5.92 Å². The molecular formula is C36H40F2N6O4. The number of hydrogen-bond donors (Lipinski definition) is 1. The van der Waals surface area contributed by atoms with Crippen molar-refractivity contribution >= 4 is 27.8 Å². The molecule has 2 aromatic carbocycles. The maximum absolute atomic E-state index is 14.9. The van der Waals surface area contributed by atoms with Crippen LogP contribution in [-0.2, 0) is 4.74 Å². The number of aromatic hydroxyl groups is 1. The zero-order chi connectivity index (χ0) is 33.2. The van der Waals surface area contributed by atoms with Gasteiger partial charge < -0.3 is 24.2 Å². The number of phenols is 1. The van der Waals surface area contributed by atoms with Crippen molar-refractivity contribution < 1.29 is 28.1 Å². The highest BCUT2D eigenvalue weighted by Crippen LogP contribution is 2.45. The fourth-order valence-electron chi connectivity index (χ4n) is 8.32. The third-order valence-electron chi connectivity index (χ3n) is 10.8. The van der Waals surface area contributed by atoms with Crippen molar-refractivity contribution in [1.82, 2.24) is 24.4 Å². The van der Waals surface area contributed by atoms with Crippen LogP contribution in [0.2, 0.25) is 0 Å². The Morgan fingerprint density at radius 3 is 2.77 bits per heavy atom. The molecule has 0 amide bonds. The second kappa shape index (κ2) is 12.0.